The highest BCUT2D eigenvalue weighted by atomic mass is 19.1. The molecule has 0 unspecified atom stereocenters. The zero-order chi connectivity index (χ0) is 23.0. The number of amides is 3. The van der Waals surface area contributed by atoms with Gasteiger partial charge in [0.25, 0.3) is 11.8 Å². The van der Waals surface area contributed by atoms with Crippen LogP contribution in [-0.4, -0.2) is 29.8 Å². The summed E-state index contributed by atoms with van der Waals surface area (Å²) in [5.41, 5.74) is 0.489. The molecular formula is C23H27F2N3O3. The van der Waals surface area contributed by atoms with Crippen molar-refractivity contribution in [2.24, 2.45) is 0 Å². The Labute approximate surface area is 180 Å². The molecule has 2 rings (SSSR count). The lowest BCUT2D eigenvalue weighted by atomic mass is 10.0. The molecule has 0 saturated carbocycles. The average Bonchev–Trinajstić information content (AvgIpc) is 2.71. The summed E-state index contributed by atoms with van der Waals surface area (Å²) >= 11 is 0. The van der Waals surface area contributed by atoms with Crippen molar-refractivity contribution in [3.8, 4) is 0 Å². The molecular weight excluding hydrogens is 404 g/mol. The number of halogens is 2. The second-order valence-electron chi connectivity index (χ2n) is 7.80. The SMILES string of the molecule is CCC(C)(C)NC(=O)c1ccc(NC(=O)CCCNC(=O)c2ccc(F)cc2F)cc1. The summed E-state index contributed by atoms with van der Waals surface area (Å²) in [6.45, 7) is 6.04. The Balaban J connectivity index is 1.76. The van der Waals surface area contributed by atoms with Crippen LogP contribution in [0.25, 0.3) is 0 Å². The highest BCUT2D eigenvalue weighted by molar-refractivity contribution is 5.96. The number of rotatable bonds is 9. The third-order valence-electron chi connectivity index (χ3n) is 4.81. The van der Waals surface area contributed by atoms with Crippen molar-refractivity contribution < 1.29 is 23.2 Å². The van der Waals surface area contributed by atoms with Gasteiger partial charge in [-0.05, 0) is 63.1 Å². The van der Waals surface area contributed by atoms with Gasteiger partial charge in [0.2, 0.25) is 5.91 Å². The van der Waals surface area contributed by atoms with E-state index in [-0.39, 0.29) is 35.9 Å². The van der Waals surface area contributed by atoms with Gasteiger partial charge in [-0.1, -0.05) is 6.92 Å². The second kappa shape index (κ2) is 10.7. The number of carbonyl (C=O) groups excluding carboxylic acids is 3. The Hall–Kier alpha value is -3.29. The first-order valence-electron chi connectivity index (χ1n) is 10.1. The Kier molecular flexibility index (Phi) is 8.24. The molecule has 0 fully saturated rings. The summed E-state index contributed by atoms with van der Waals surface area (Å²) in [5.74, 6) is -2.81. The molecule has 0 aliphatic carbocycles. The number of hydrogen-bond donors (Lipinski definition) is 3. The van der Waals surface area contributed by atoms with E-state index in [1.165, 1.54) is 0 Å². The van der Waals surface area contributed by atoms with Gasteiger partial charge in [-0.15, -0.1) is 0 Å². The molecule has 3 amide bonds. The molecule has 31 heavy (non-hydrogen) atoms. The maximum atomic E-state index is 13.6. The standard InChI is InChI=1S/C23H27F2N3O3/c1-4-23(2,3)28-21(30)15-7-10-17(11-8-15)27-20(29)6-5-13-26-22(31)18-12-9-16(24)14-19(18)25/h7-12,14H,4-6,13H2,1-3H3,(H,26,31)(H,27,29)(H,28,30). The van der Waals surface area contributed by atoms with Gasteiger partial charge in [0.15, 0.2) is 0 Å². The third kappa shape index (κ3) is 7.47. The molecule has 0 spiro atoms. The van der Waals surface area contributed by atoms with Crippen molar-refractivity contribution in [2.45, 2.75) is 45.6 Å². The van der Waals surface area contributed by atoms with Crippen molar-refractivity contribution in [3.63, 3.8) is 0 Å². The number of anilines is 1. The molecule has 0 aliphatic heterocycles. The van der Waals surface area contributed by atoms with Gasteiger partial charge in [-0.2, -0.15) is 0 Å². The van der Waals surface area contributed by atoms with Gasteiger partial charge < -0.3 is 16.0 Å². The van der Waals surface area contributed by atoms with Gasteiger partial charge in [-0.25, -0.2) is 8.78 Å². The largest absolute Gasteiger partial charge is 0.352 e. The zero-order valence-corrected chi connectivity index (χ0v) is 17.9. The molecule has 6 nitrogen and oxygen atoms in total. The van der Waals surface area contributed by atoms with Crippen molar-refractivity contribution in [1.29, 1.82) is 0 Å². The van der Waals surface area contributed by atoms with Crippen LogP contribution in [0.15, 0.2) is 42.5 Å². The molecule has 0 atom stereocenters. The molecule has 0 aromatic heterocycles. The van der Waals surface area contributed by atoms with Crippen molar-refractivity contribution in [1.82, 2.24) is 10.6 Å². The van der Waals surface area contributed by atoms with Gasteiger partial charge in [0.05, 0.1) is 5.56 Å². The maximum absolute atomic E-state index is 13.6. The maximum Gasteiger partial charge on any atom is 0.254 e. The Morgan fingerprint density at radius 2 is 1.65 bits per heavy atom. The molecule has 2 aromatic rings. The van der Waals surface area contributed by atoms with Crippen LogP contribution in [0, 0.1) is 11.6 Å². The molecule has 2 aromatic carbocycles. The molecule has 0 heterocycles. The summed E-state index contributed by atoms with van der Waals surface area (Å²) in [6, 6.07) is 9.27. The number of hydrogen-bond acceptors (Lipinski definition) is 3. The van der Waals surface area contributed by atoms with E-state index in [1.807, 2.05) is 20.8 Å². The molecule has 3 N–H and O–H groups in total. The molecule has 0 aliphatic rings. The average molecular weight is 431 g/mol. The molecule has 0 radical (unpaired) electrons. The predicted octanol–water partition coefficient (Wildman–Crippen LogP) is 4.03. The Morgan fingerprint density at radius 1 is 0.968 bits per heavy atom. The fraction of sp³-hybridized carbons (Fsp3) is 0.348. The van der Waals surface area contributed by atoms with Crippen molar-refractivity contribution >= 4 is 23.4 Å². The van der Waals surface area contributed by atoms with Crippen LogP contribution in [0.4, 0.5) is 14.5 Å². The fourth-order valence-electron chi connectivity index (χ4n) is 2.62. The second-order valence-corrected chi connectivity index (χ2v) is 7.80. The minimum atomic E-state index is -0.939. The molecule has 8 heteroatoms. The highest BCUT2D eigenvalue weighted by Gasteiger charge is 2.18. The molecule has 166 valence electrons. The van der Waals surface area contributed by atoms with Crippen molar-refractivity contribution in [2.75, 3.05) is 11.9 Å². The van der Waals surface area contributed by atoms with E-state index in [9.17, 15) is 23.2 Å². The van der Waals surface area contributed by atoms with Gasteiger partial charge >= 0.3 is 0 Å². The van der Waals surface area contributed by atoms with E-state index in [0.29, 0.717) is 23.7 Å². The monoisotopic (exact) mass is 431 g/mol. The van der Waals surface area contributed by atoms with Gasteiger partial charge in [-0.3, -0.25) is 14.4 Å². The molecule has 0 saturated heterocycles. The van der Waals surface area contributed by atoms with Crippen LogP contribution < -0.4 is 16.0 Å². The van der Waals surface area contributed by atoms with Gasteiger partial charge in [0, 0.05) is 35.8 Å². The Bertz CT molecular complexity index is 944. The minimum Gasteiger partial charge on any atom is -0.352 e. The summed E-state index contributed by atoms with van der Waals surface area (Å²) in [7, 11) is 0. The van der Waals surface area contributed by atoms with Crippen LogP contribution in [0.2, 0.25) is 0 Å². The smallest absolute Gasteiger partial charge is 0.254 e. The normalized spacial score (nSPS) is 11.0. The lowest BCUT2D eigenvalue weighted by Crippen LogP contribution is -2.42. The van der Waals surface area contributed by atoms with Crippen molar-refractivity contribution in [3.05, 3.63) is 65.2 Å². The van der Waals surface area contributed by atoms with Crippen LogP contribution in [0.1, 0.15) is 60.7 Å². The molecule has 0 bridgehead atoms. The topological polar surface area (TPSA) is 87.3 Å². The van der Waals surface area contributed by atoms with Crippen LogP contribution in [-0.2, 0) is 4.79 Å². The van der Waals surface area contributed by atoms with E-state index in [4.69, 9.17) is 0 Å². The first-order valence-corrected chi connectivity index (χ1v) is 10.1. The summed E-state index contributed by atoms with van der Waals surface area (Å²) in [5, 5.41) is 8.15. The summed E-state index contributed by atoms with van der Waals surface area (Å²) in [6.07, 6.45) is 1.28. The summed E-state index contributed by atoms with van der Waals surface area (Å²) in [4.78, 5) is 36.2. The van der Waals surface area contributed by atoms with E-state index in [0.717, 1.165) is 18.6 Å². The van der Waals surface area contributed by atoms with Crippen LogP contribution in [0.5, 0.6) is 0 Å². The lowest BCUT2D eigenvalue weighted by Gasteiger charge is -2.24. The quantitative estimate of drug-likeness (QED) is 0.524. The number of benzene rings is 2. The lowest BCUT2D eigenvalue weighted by molar-refractivity contribution is -0.116. The first kappa shape index (κ1) is 24.0. The zero-order valence-electron chi connectivity index (χ0n) is 17.9. The first-order chi connectivity index (χ1) is 14.6. The third-order valence-corrected chi connectivity index (χ3v) is 4.81. The van der Waals surface area contributed by atoms with E-state index in [1.54, 1.807) is 24.3 Å². The van der Waals surface area contributed by atoms with Gasteiger partial charge in [0.1, 0.15) is 11.6 Å². The predicted molar refractivity (Wildman–Crippen MR) is 115 cm³/mol. The van der Waals surface area contributed by atoms with E-state index < -0.39 is 17.5 Å². The highest BCUT2D eigenvalue weighted by Crippen LogP contribution is 2.13. The van der Waals surface area contributed by atoms with E-state index >= 15 is 0 Å². The van der Waals surface area contributed by atoms with E-state index in [2.05, 4.69) is 16.0 Å². The summed E-state index contributed by atoms with van der Waals surface area (Å²) < 4.78 is 26.5. The minimum absolute atomic E-state index is 0.138. The number of carbonyl (C=O) groups is 3. The van der Waals surface area contributed by atoms with Crippen LogP contribution >= 0.6 is 0 Å². The fourth-order valence-corrected chi connectivity index (χ4v) is 2.62. The number of nitrogens with one attached hydrogen (secondary N) is 3. The van der Waals surface area contributed by atoms with Crippen LogP contribution in [0.3, 0.4) is 0 Å². The Morgan fingerprint density at radius 3 is 2.26 bits per heavy atom.